The molecule has 8 nitrogen and oxygen atoms in total. The van der Waals surface area contributed by atoms with E-state index in [1.807, 2.05) is 4.90 Å². The first-order valence-corrected chi connectivity index (χ1v) is 11.4. The molecule has 1 aliphatic heterocycles. The Balaban J connectivity index is 1.83. The van der Waals surface area contributed by atoms with Gasteiger partial charge in [-0.25, -0.2) is 8.42 Å². The van der Waals surface area contributed by atoms with Gasteiger partial charge in [0.25, 0.3) is 0 Å². The number of furan rings is 1. The van der Waals surface area contributed by atoms with E-state index in [1.54, 1.807) is 26.0 Å². The number of likely N-dealkylation sites (tertiary alicyclic amines) is 1. The number of aryl methyl sites for hydroxylation is 1. The summed E-state index contributed by atoms with van der Waals surface area (Å²) in [7, 11) is -2.26. The molecule has 2 aromatic heterocycles. The minimum absolute atomic E-state index is 0.0248. The molecule has 0 aliphatic carbocycles. The maximum Gasteiger partial charge on any atom is 0.246 e. The molecule has 0 N–H and O–H groups in total. The zero-order valence-corrected chi connectivity index (χ0v) is 18.6. The number of piperidine rings is 1. The molecule has 160 valence electrons. The average Bonchev–Trinajstić information content (AvgIpc) is 3.23. The molecule has 1 fully saturated rings. The molecule has 1 amide bonds. The van der Waals surface area contributed by atoms with E-state index in [0.29, 0.717) is 17.1 Å². The maximum atomic E-state index is 13.1. The van der Waals surface area contributed by atoms with Crippen LogP contribution in [0.5, 0.6) is 0 Å². The lowest BCUT2D eigenvalue weighted by Gasteiger charge is -2.39. The van der Waals surface area contributed by atoms with Crippen molar-refractivity contribution >= 4 is 15.9 Å². The molecule has 0 unspecified atom stereocenters. The maximum absolute atomic E-state index is 13.1. The van der Waals surface area contributed by atoms with E-state index in [-0.39, 0.29) is 36.0 Å². The summed E-state index contributed by atoms with van der Waals surface area (Å²) in [5, 5.41) is 4.38. The zero-order chi connectivity index (χ0) is 21.3. The second-order valence-electron chi connectivity index (χ2n) is 7.93. The van der Waals surface area contributed by atoms with Gasteiger partial charge in [0.2, 0.25) is 15.9 Å². The molecule has 0 aromatic carbocycles. The summed E-state index contributed by atoms with van der Waals surface area (Å²) in [6.45, 7) is 7.65. The third-order valence-electron chi connectivity index (χ3n) is 5.71. The summed E-state index contributed by atoms with van der Waals surface area (Å²) < 4.78 is 34.3. The fraction of sp³-hybridized carbons (Fsp3) is 0.600. The van der Waals surface area contributed by atoms with Crippen LogP contribution in [0, 0.1) is 13.8 Å². The summed E-state index contributed by atoms with van der Waals surface area (Å²) in [5.41, 5.74) is 0.862. The number of hydrogen-bond donors (Lipinski definition) is 0. The normalized spacial score (nSPS) is 20.4. The van der Waals surface area contributed by atoms with Gasteiger partial charge < -0.3 is 9.32 Å². The van der Waals surface area contributed by atoms with Gasteiger partial charge in [0.15, 0.2) is 0 Å². The van der Waals surface area contributed by atoms with Crippen molar-refractivity contribution in [2.24, 2.45) is 0 Å². The highest BCUT2D eigenvalue weighted by Gasteiger charge is 2.32. The Morgan fingerprint density at radius 2 is 1.93 bits per heavy atom. The van der Waals surface area contributed by atoms with Gasteiger partial charge in [0.1, 0.15) is 17.2 Å². The lowest BCUT2D eigenvalue weighted by atomic mass is 9.97. The lowest BCUT2D eigenvalue weighted by Crippen LogP contribution is -2.48. The predicted molar refractivity (Wildman–Crippen MR) is 109 cm³/mol. The summed E-state index contributed by atoms with van der Waals surface area (Å²) in [5.74, 6) is 0.533. The minimum Gasteiger partial charge on any atom is -0.468 e. The molecule has 9 heteroatoms. The molecule has 29 heavy (non-hydrogen) atoms. The molecule has 0 spiro atoms. The quantitative estimate of drug-likeness (QED) is 0.714. The van der Waals surface area contributed by atoms with Crippen LogP contribution in [0.3, 0.4) is 0 Å². The number of amides is 1. The van der Waals surface area contributed by atoms with Crippen molar-refractivity contribution in [2.75, 3.05) is 7.05 Å². The van der Waals surface area contributed by atoms with Crippen LogP contribution < -0.4 is 0 Å². The molecule has 2 atom stereocenters. The van der Waals surface area contributed by atoms with Crippen molar-refractivity contribution in [1.82, 2.24) is 19.0 Å². The van der Waals surface area contributed by atoms with E-state index < -0.39 is 10.0 Å². The van der Waals surface area contributed by atoms with Crippen molar-refractivity contribution in [2.45, 2.75) is 77.0 Å². The van der Waals surface area contributed by atoms with Gasteiger partial charge >= 0.3 is 0 Å². The minimum atomic E-state index is -3.77. The van der Waals surface area contributed by atoms with E-state index in [4.69, 9.17) is 4.42 Å². The summed E-state index contributed by atoms with van der Waals surface area (Å²) >= 11 is 0. The summed E-state index contributed by atoms with van der Waals surface area (Å²) in [6, 6.07) is 3.82. The van der Waals surface area contributed by atoms with Gasteiger partial charge in [-0.1, -0.05) is 0 Å². The zero-order valence-electron chi connectivity index (χ0n) is 17.8. The van der Waals surface area contributed by atoms with Crippen LogP contribution in [0.4, 0.5) is 0 Å². The number of nitrogens with zero attached hydrogens (tertiary/aromatic N) is 4. The number of aromatic nitrogens is 2. The third kappa shape index (κ3) is 4.25. The molecule has 2 aromatic rings. The Morgan fingerprint density at radius 3 is 2.52 bits per heavy atom. The van der Waals surface area contributed by atoms with Crippen molar-refractivity contribution in [3.63, 3.8) is 0 Å². The Morgan fingerprint density at radius 1 is 1.28 bits per heavy atom. The average molecular weight is 423 g/mol. The number of sulfonamides is 1. The van der Waals surface area contributed by atoms with Crippen molar-refractivity contribution in [1.29, 1.82) is 0 Å². The molecule has 1 aliphatic rings. The summed E-state index contributed by atoms with van der Waals surface area (Å²) in [6.07, 6.45) is 4.61. The smallest absolute Gasteiger partial charge is 0.246 e. The standard InChI is InChI=1S/C20H30N4O4S/c1-14-8-6-9-15(2)24(14)19(25)13-23-17(4)20(16(3)21-23)29(26,27)22(5)12-18-10-7-11-28-18/h7,10-11,14-15H,6,8-9,12-13H2,1-5H3/t14-,15+. The molecule has 3 heterocycles. The van der Waals surface area contributed by atoms with Gasteiger partial charge in [0.05, 0.1) is 24.2 Å². The highest BCUT2D eigenvalue weighted by molar-refractivity contribution is 7.89. The third-order valence-corrected chi connectivity index (χ3v) is 7.76. The molecular weight excluding hydrogens is 392 g/mol. The Kier molecular flexibility index (Phi) is 6.19. The summed E-state index contributed by atoms with van der Waals surface area (Å²) in [4.78, 5) is 15.0. The fourth-order valence-electron chi connectivity index (χ4n) is 4.19. The first kappa shape index (κ1) is 21.6. The second kappa shape index (κ2) is 8.31. The molecule has 0 saturated carbocycles. The SMILES string of the molecule is Cc1nn(CC(=O)N2[C@H](C)CCC[C@@H]2C)c(C)c1S(=O)(=O)N(C)Cc1ccco1. The molecular formula is C20H30N4O4S. The molecule has 0 bridgehead atoms. The lowest BCUT2D eigenvalue weighted by molar-refractivity contribution is -0.138. The van der Waals surface area contributed by atoms with E-state index in [0.717, 1.165) is 19.3 Å². The number of carbonyl (C=O) groups excluding carboxylic acids is 1. The Bertz CT molecular complexity index is 955. The number of hydrogen-bond acceptors (Lipinski definition) is 5. The van der Waals surface area contributed by atoms with E-state index >= 15 is 0 Å². The molecule has 3 rings (SSSR count). The van der Waals surface area contributed by atoms with Gasteiger partial charge in [0, 0.05) is 19.1 Å². The first-order chi connectivity index (χ1) is 13.6. The van der Waals surface area contributed by atoms with Crippen LogP contribution in [0.2, 0.25) is 0 Å². The van der Waals surface area contributed by atoms with Crippen LogP contribution >= 0.6 is 0 Å². The van der Waals surface area contributed by atoms with E-state index in [1.165, 1.54) is 22.3 Å². The van der Waals surface area contributed by atoms with Gasteiger partial charge in [-0.15, -0.1) is 0 Å². The van der Waals surface area contributed by atoms with Crippen molar-refractivity contribution in [3.8, 4) is 0 Å². The van der Waals surface area contributed by atoms with Crippen molar-refractivity contribution < 1.29 is 17.6 Å². The van der Waals surface area contributed by atoms with Gasteiger partial charge in [-0.3, -0.25) is 9.48 Å². The Labute approximate surface area is 172 Å². The van der Waals surface area contributed by atoms with Crippen LogP contribution in [0.15, 0.2) is 27.7 Å². The van der Waals surface area contributed by atoms with Gasteiger partial charge in [-0.05, 0) is 59.1 Å². The topological polar surface area (TPSA) is 88.7 Å². The Hall–Kier alpha value is -2.13. The molecule has 1 saturated heterocycles. The van der Waals surface area contributed by atoms with E-state index in [2.05, 4.69) is 18.9 Å². The van der Waals surface area contributed by atoms with Crippen LogP contribution in [0.25, 0.3) is 0 Å². The number of carbonyl (C=O) groups is 1. The van der Waals surface area contributed by atoms with Crippen LogP contribution in [-0.2, 0) is 27.9 Å². The van der Waals surface area contributed by atoms with E-state index in [9.17, 15) is 13.2 Å². The van der Waals surface area contributed by atoms with Crippen LogP contribution in [-0.4, -0.2) is 52.4 Å². The highest BCUT2D eigenvalue weighted by Crippen LogP contribution is 2.26. The van der Waals surface area contributed by atoms with Crippen molar-refractivity contribution in [3.05, 3.63) is 35.5 Å². The fourth-order valence-corrected chi connectivity index (χ4v) is 5.69. The second-order valence-corrected chi connectivity index (χ2v) is 9.91. The molecule has 0 radical (unpaired) electrons. The van der Waals surface area contributed by atoms with Gasteiger partial charge in [-0.2, -0.15) is 9.40 Å². The van der Waals surface area contributed by atoms with Crippen LogP contribution in [0.1, 0.15) is 50.3 Å². The predicted octanol–water partition coefficient (Wildman–Crippen LogP) is 2.70. The monoisotopic (exact) mass is 422 g/mol. The first-order valence-electron chi connectivity index (χ1n) is 9.96. The largest absolute Gasteiger partial charge is 0.468 e. The highest BCUT2D eigenvalue weighted by atomic mass is 32.2. The number of rotatable bonds is 6.